The lowest BCUT2D eigenvalue weighted by molar-refractivity contribution is -0.0689. The summed E-state index contributed by atoms with van der Waals surface area (Å²) in [5.41, 5.74) is 5.95. The van der Waals surface area contributed by atoms with Crippen molar-refractivity contribution in [2.24, 2.45) is 5.41 Å². The van der Waals surface area contributed by atoms with Crippen molar-refractivity contribution in [2.45, 2.75) is 32.4 Å². The second-order valence-electron chi connectivity index (χ2n) is 5.46. The molecule has 1 saturated carbocycles. The highest BCUT2D eigenvalue weighted by Gasteiger charge is 2.48. The molecule has 1 aromatic carbocycles. The maximum Gasteiger partial charge on any atom is 0.253 e. The van der Waals surface area contributed by atoms with Crippen molar-refractivity contribution < 1.29 is 9.90 Å². The summed E-state index contributed by atoms with van der Waals surface area (Å²) in [5, 5.41) is 12.9. The van der Waals surface area contributed by atoms with Crippen molar-refractivity contribution in [3.05, 3.63) is 27.7 Å². The van der Waals surface area contributed by atoms with E-state index < -0.39 is 6.10 Å². The normalized spacial score (nSPS) is 24.7. The summed E-state index contributed by atoms with van der Waals surface area (Å²) in [5.74, 6) is -0.329. The Morgan fingerprint density at radius 3 is 2.63 bits per heavy atom. The Balaban J connectivity index is 2.18. The lowest BCUT2D eigenvalue weighted by Crippen LogP contribution is -2.61. The third-order valence-corrected chi connectivity index (χ3v) is 4.62. The highest BCUT2D eigenvalue weighted by molar-refractivity contribution is 6.44. The molecule has 2 unspecified atom stereocenters. The van der Waals surface area contributed by atoms with Crippen LogP contribution >= 0.6 is 23.2 Å². The van der Waals surface area contributed by atoms with Crippen molar-refractivity contribution in [2.75, 3.05) is 5.73 Å². The first-order chi connectivity index (χ1) is 8.73. The average molecular weight is 303 g/mol. The van der Waals surface area contributed by atoms with Gasteiger partial charge in [-0.15, -0.1) is 0 Å². The Labute approximate surface area is 121 Å². The molecule has 0 bridgehead atoms. The number of hydrogen-bond donors (Lipinski definition) is 3. The second kappa shape index (κ2) is 4.85. The van der Waals surface area contributed by atoms with E-state index in [1.165, 1.54) is 12.1 Å². The summed E-state index contributed by atoms with van der Waals surface area (Å²) in [4.78, 5) is 12.2. The van der Waals surface area contributed by atoms with Gasteiger partial charge in [0.2, 0.25) is 0 Å². The highest BCUT2D eigenvalue weighted by Crippen LogP contribution is 2.40. The number of aliphatic hydroxyl groups excluding tert-OH is 1. The first-order valence-electron chi connectivity index (χ1n) is 5.97. The SMILES string of the molecule is CC1(C)C(O)CC1NC(=O)c1cc(N)cc(Cl)c1Cl. The first kappa shape index (κ1) is 14.4. The van der Waals surface area contributed by atoms with Crippen LogP contribution in [0.25, 0.3) is 0 Å². The average Bonchev–Trinajstić information content (AvgIpc) is 2.33. The molecule has 0 saturated heterocycles. The van der Waals surface area contributed by atoms with E-state index in [1.807, 2.05) is 13.8 Å². The van der Waals surface area contributed by atoms with Crippen molar-refractivity contribution in [1.29, 1.82) is 0 Å². The number of benzene rings is 1. The number of anilines is 1. The molecule has 0 heterocycles. The van der Waals surface area contributed by atoms with Gasteiger partial charge in [-0.05, 0) is 18.6 Å². The van der Waals surface area contributed by atoms with Crippen LogP contribution in [0.4, 0.5) is 5.69 Å². The fraction of sp³-hybridized carbons (Fsp3) is 0.462. The number of carbonyl (C=O) groups is 1. The van der Waals surface area contributed by atoms with Crippen LogP contribution < -0.4 is 11.1 Å². The number of amides is 1. The molecular weight excluding hydrogens is 287 g/mol. The van der Waals surface area contributed by atoms with Crippen LogP contribution in [0.2, 0.25) is 10.0 Å². The zero-order valence-electron chi connectivity index (χ0n) is 10.7. The number of aliphatic hydroxyl groups is 1. The van der Waals surface area contributed by atoms with Gasteiger partial charge in [0, 0.05) is 17.1 Å². The maximum atomic E-state index is 12.2. The minimum Gasteiger partial charge on any atom is -0.399 e. The summed E-state index contributed by atoms with van der Waals surface area (Å²) in [6, 6.07) is 2.90. The number of nitrogens with one attached hydrogen (secondary N) is 1. The fourth-order valence-electron chi connectivity index (χ4n) is 2.16. The van der Waals surface area contributed by atoms with E-state index in [4.69, 9.17) is 28.9 Å². The lowest BCUT2D eigenvalue weighted by atomic mass is 9.64. The van der Waals surface area contributed by atoms with Crippen LogP contribution in [-0.4, -0.2) is 23.2 Å². The molecule has 1 aliphatic rings. The molecule has 0 spiro atoms. The van der Waals surface area contributed by atoms with Gasteiger partial charge in [-0.25, -0.2) is 0 Å². The van der Waals surface area contributed by atoms with Crippen LogP contribution in [0.15, 0.2) is 12.1 Å². The molecule has 0 aliphatic heterocycles. The van der Waals surface area contributed by atoms with E-state index in [-0.39, 0.29) is 33.0 Å². The predicted molar refractivity (Wildman–Crippen MR) is 76.5 cm³/mol. The molecule has 1 fully saturated rings. The van der Waals surface area contributed by atoms with Crippen LogP contribution in [0.1, 0.15) is 30.6 Å². The number of carbonyl (C=O) groups excluding carboxylic acids is 1. The number of nitrogen functional groups attached to an aromatic ring is 1. The third-order valence-electron chi connectivity index (χ3n) is 3.82. The van der Waals surface area contributed by atoms with E-state index in [1.54, 1.807) is 0 Å². The molecule has 1 amide bonds. The van der Waals surface area contributed by atoms with Gasteiger partial charge >= 0.3 is 0 Å². The lowest BCUT2D eigenvalue weighted by Gasteiger charge is -2.49. The van der Waals surface area contributed by atoms with Gasteiger partial charge in [-0.2, -0.15) is 0 Å². The standard InChI is InChI=1S/C13H16Cl2N2O2/c1-13(2)9(5-10(13)18)17-12(19)7-3-6(16)4-8(14)11(7)15/h3-4,9-10,18H,5,16H2,1-2H3,(H,17,19). The minimum absolute atomic E-state index is 0.0914. The van der Waals surface area contributed by atoms with Crippen LogP contribution in [0.5, 0.6) is 0 Å². The monoisotopic (exact) mass is 302 g/mol. The summed E-state index contributed by atoms with van der Waals surface area (Å²) in [6.45, 7) is 3.81. The molecule has 4 nitrogen and oxygen atoms in total. The smallest absolute Gasteiger partial charge is 0.253 e. The van der Waals surface area contributed by atoms with E-state index >= 15 is 0 Å². The van der Waals surface area contributed by atoms with Crippen molar-refractivity contribution in [3.63, 3.8) is 0 Å². The van der Waals surface area contributed by atoms with Gasteiger partial charge in [-0.3, -0.25) is 4.79 Å². The van der Waals surface area contributed by atoms with Gasteiger partial charge in [-0.1, -0.05) is 37.0 Å². The summed E-state index contributed by atoms with van der Waals surface area (Å²) in [6.07, 6.45) is 0.129. The topological polar surface area (TPSA) is 75.3 Å². The highest BCUT2D eigenvalue weighted by atomic mass is 35.5. The number of hydrogen-bond acceptors (Lipinski definition) is 3. The minimum atomic E-state index is -0.405. The van der Waals surface area contributed by atoms with E-state index in [0.717, 1.165) is 0 Å². The van der Waals surface area contributed by atoms with E-state index in [0.29, 0.717) is 12.1 Å². The number of rotatable bonds is 2. The van der Waals surface area contributed by atoms with Crippen molar-refractivity contribution >= 4 is 34.8 Å². The Morgan fingerprint density at radius 2 is 2.11 bits per heavy atom. The Hall–Kier alpha value is -0.970. The van der Waals surface area contributed by atoms with Crippen LogP contribution in [0, 0.1) is 5.41 Å². The Kier molecular flexibility index (Phi) is 3.69. The first-order valence-corrected chi connectivity index (χ1v) is 6.72. The maximum absolute atomic E-state index is 12.2. The van der Waals surface area contributed by atoms with Crippen LogP contribution in [-0.2, 0) is 0 Å². The zero-order valence-corrected chi connectivity index (χ0v) is 12.2. The van der Waals surface area contributed by atoms with Gasteiger partial charge < -0.3 is 16.2 Å². The molecule has 6 heteroatoms. The molecule has 2 atom stereocenters. The molecule has 19 heavy (non-hydrogen) atoms. The van der Waals surface area contributed by atoms with Crippen molar-refractivity contribution in [3.8, 4) is 0 Å². The molecule has 0 radical (unpaired) electrons. The van der Waals surface area contributed by atoms with Crippen molar-refractivity contribution in [1.82, 2.24) is 5.32 Å². The van der Waals surface area contributed by atoms with Gasteiger partial charge in [0.1, 0.15) is 0 Å². The molecule has 2 rings (SSSR count). The molecular formula is C13H16Cl2N2O2. The summed E-state index contributed by atoms with van der Waals surface area (Å²) < 4.78 is 0. The fourth-order valence-corrected chi connectivity index (χ4v) is 2.58. The number of halogens is 2. The molecule has 104 valence electrons. The zero-order chi connectivity index (χ0) is 14.4. The molecule has 1 aliphatic carbocycles. The molecule has 0 aromatic heterocycles. The van der Waals surface area contributed by atoms with Gasteiger partial charge in [0.25, 0.3) is 5.91 Å². The summed E-state index contributed by atoms with van der Waals surface area (Å²) in [7, 11) is 0. The number of nitrogens with two attached hydrogens (primary N) is 1. The van der Waals surface area contributed by atoms with Gasteiger partial charge in [0.05, 0.1) is 21.7 Å². The van der Waals surface area contributed by atoms with Gasteiger partial charge in [0.15, 0.2) is 0 Å². The summed E-state index contributed by atoms with van der Waals surface area (Å²) >= 11 is 11.9. The third kappa shape index (κ3) is 2.53. The molecule has 1 aromatic rings. The largest absolute Gasteiger partial charge is 0.399 e. The molecule has 4 N–H and O–H groups in total. The van der Waals surface area contributed by atoms with Crippen LogP contribution in [0.3, 0.4) is 0 Å². The van der Waals surface area contributed by atoms with E-state index in [9.17, 15) is 9.90 Å². The second-order valence-corrected chi connectivity index (χ2v) is 6.25. The Bertz CT molecular complexity index is 532. The predicted octanol–water partition coefficient (Wildman–Crippen LogP) is 2.46. The Morgan fingerprint density at radius 1 is 1.47 bits per heavy atom. The quantitative estimate of drug-likeness (QED) is 0.735. The van der Waals surface area contributed by atoms with E-state index in [2.05, 4.69) is 5.32 Å².